The van der Waals surface area contributed by atoms with Crippen LogP contribution in [0.2, 0.25) is 0 Å². The Morgan fingerprint density at radius 2 is 1.81 bits per heavy atom. The van der Waals surface area contributed by atoms with Crippen LogP contribution in [0.3, 0.4) is 0 Å². The van der Waals surface area contributed by atoms with Gasteiger partial charge in [-0.2, -0.15) is 0 Å². The number of furan rings is 1. The molecule has 0 radical (unpaired) electrons. The zero-order valence-electron chi connectivity index (χ0n) is 19.8. The number of nitro groups is 1. The molecule has 1 unspecified atom stereocenters. The summed E-state index contributed by atoms with van der Waals surface area (Å²) in [5.41, 5.74) is 1.51. The standard InChI is InChI=1S/C28H22N2O7/c1-36-21-9-5-8-19-16-22(37-27(19)21)25(31)23-24(18-10-12-20(13-11-18)30(34)35)29(28(33)26(23)32)15-14-17-6-3-2-4-7-17/h2-13,16,24,32H,14-15H2,1H3. The Morgan fingerprint density at radius 1 is 1.08 bits per heavy atom. The number of para-hydroxylation sites is 1. The lowest BCUT2D eigenvalue weighted by atomic mass is 9.94. The molecule has 0 saturated heterocycles. The fraction of sp³-hybridized carbons (Fsp3) is 0.143. The summed E-state index contributed by atoms with van der Waals surface area (Å²) in [6.45, 7) is 0.208. The molecule has 9 heteroatoms. The van der Waals surface area contributed by atoms with E-state index in [4.69, 9.17) is 9.15 Å². The number of hydrogen-bond acceptors (Lipinski definition) is 7. The molecule has 1 aliphatic heterocycles. The Kier molecular flexibility index (Phi) is 6.19. The van der Waals surface area contributed by atoms with Crippen LogP contribution in [0.25, 0.3) is 11.0 Å². The number of aliphatic hydroxyl groups is 1. The van der Waals surface area contributed by atoms with Crippen LogP contribution in [-0.2, 0) is 11.2 Å². The third-order valence-electron chi connectivity index (χ3n) is 6.40. The molecule has 9 nitrogen and oxygen atoms in total. The molecule has 1 atom stereocenters. The molecule has 0 fully saturated rings. The number of methoxy groups -OCH3 is 1. The van der Waals surface area contributed by atoms with Gasteiger partial charge >= 0.3 is 0 Å². The Bertz CT molecular complexity index is 1540. The zero-order chi connectivity index (χ0) is 26.1. The van der Waals surface area contributed by atoms with Crippen LogP contribution in [0.5, 0.6) is 5.75 Å². The summed E-state index contributed by atoms with van der Waals surface area (Å²) in [7, 11) is 1.48. The minimum absolute atomic E-state index is 0.0642. The molecule has 0 saturated carbocycles. The van der Waals surface area contributed by atoms with E-state index < -0.39 is 28.4 Å². The molecule has 1 amide bonds. The van der Waals surface area contributed by atoms with E-state index in [2.05, 4.69) is 0 Å². The number of carbonyl (C=O) groups excluding carboxylic acids is 2. The second kappa shape index (κ2) is 9.62. The SMILES string of the molecule is COc1cccc2cc(C(=O)C3=C(O)C(=O)N(CCc4ccccc4)C3c3ccc([N+](=O)[O-])cc3)oc12. The maximum absolute atomic E-state index is 13.7. The van der Waals surface area contributed by atoms with Crippen molar-refractivity contribution in [3.63, 3.8) is 0 Å². The molecule has 0 bridgehead atoms. The van der Waals surface area contributed by atoms with Crippen molar-refractivity contribution >= 4 is 28.3 Å². The molecular formula is C28H22N2O7. The second-order valence-electron chi connectivity index (χ2n) is 8.57. The quantitative estimate of drug-likeness (QED) is 0.202. The van der Waals surface area contributed by atoms with Crippen molar-refractivity contribution in [3.8, 4) is 5.75 Å². The van der Waals surface area contributed by atoms with Crippen LogP contribution < -0.4 is 4.74 Å². The van der Waals surface area contributed by atoms with Crippen LogP contribution in [0.15, 0.2) is 94.6 Å². The van der Waals surface area contributed by atoms with Crippen molar-refractivity contribution in [1.82, 2.24) is 4.90 Å². The summed E-state index contributed by atoms with van der Waals surface area (Å²) >= 11 is 0. The number of hydrogen-bond donors (Lipinski definition) is 1. The molecule has 5 rings (SSSR count). The van der Waals surface area contributed by atoms with Gasteiger partial charge in [0.25, 0.3) is 11.6 Å². The van der Waals surface area contributed by atoms with Crippen LogP contribution >= 0.6 is 0 Å². The predicted molar refractivity (Wildman–Crippen MR) is 134 cm³/mol. The van der Waals surface area contributed by atoms with E-state index in [1.54, 1.807) is 18.2 Å². The molecule has 4 aromatic rings. The van der Waals surface area contributed by atoms with Crippen molar-refractivity contribution < 1.29 is 28.8 Å². The van der Waals surface area contributed by atoms with Gasteiger partial charge in [-0.1, -0.05) is 42.5 Å². The highest BCUT2D eigenvalue weighted by molar-refractivity contribution is 6.16. The van der Waals surface area contributed by atoms with Gasteiger partial charge in [0, 0.05) is 24.1 Å². The number of rotatable bonds is 8. The van der Waals surface area contributed by atoms with Crippen LogP contribution in [0.4, 0.5) is 5.69 Å². The molecule has 1 aliphatic rings. The molecular weight excluding hydrogens is 476 g/mol. The first-order valence-corrected chi connectivity index (χ1v) is 11.5. The fourth-order valence-corrected chi connectivity index (χ4v) is 4.58. The van der Waals surface area contributed by atoms with Crippen molar-refractivity contribution in [2.24, 2.45) is 0 Å². The number of amides is 1. The van der Waals surface area contributed by atoms with Crippen LogP contribution in [-0.4, -0.2) is 40.3 Å². The Morgan fingerprint density at radius 3 is 2.49 bits per heavy atom. The summed E-state index contributed by atoms with van der Waals surface area (Å²) in [6.07, 6.45) is 0.479. The van der Waals surface area contributed by atoms with Crippen molar-refractivity contribution in [3.05, 3.63) is 117 Å². The van der Waals surface area contributed by atoms with E-state index in [-0.39, 0.29) is 23.6 Å². The summed E-state index contributed by atoms with van der Waals surface area (Å²) in [4.78, 5) is 39.0. The van der Waals surface area contributed by atoms with Gasteiger partial charge in [0.2, 0.25) is 5.78 Å². The maximum atomic E-state index is 13.7. The van der Waals surface area contributed by atoms with Gasteiger partial charge in [-0.25, -0.2) is 0 Å². The van der Waals surface area contributed by atoms with E-state index in [1.807, 2.05) is 30.3 Å². The average Bonchev–Trinajstić information content (AvgIpc) is 3.47. The smallest absolute Gasteiger partial charge is 0.290 e. The Balaban J connectivity index is 1.56. The number of ketones is 1. The summed E-state index contributed by atoms with van der Waals surface area (Å²) in [5.74, 6) is -1.65. The van der Waals surface area contributed by atoms with Gasteiger partial charge in [-0.15, -0.1) is 0 Å². The van der Waals surface area contributed by atoms with Crippen molar-refractivity contribution in [2.75, 3.05) is 13.7 Å². The molecule has 186 valence electrons. The number of nitrogens with zero attached hydrogens (tertiary/aromatic N) is 2. The fourth-order valence-electron chi connectivity index (χ4n) is 4.58. The summed E-state index contributed by atoms with van der Waals surface area (Å²) < 4.78 is 11.1. The normalized spacial score (nSPS) is 15.4. The minimum Gasteiger partial charge on any atom is -0.503 e. The zero-order valence-corrected chi connectivity index (χ0v) is 19.8. The topological polar surface area (TPSA) is 123 Å². The third kappa shape index (κ3) is 4.31. The molecule has 0 spiro atoms. The molecule has 0 aliphatic carbocycles. The first kappa shape index (κ1) is 23.8. The van der Waals surface area contributed by atoms with Gasteiger partial charge in [-0.05, 0) is 41.8 Å². The van der Waals surface area contributed by atoms with E-state index in [0.717, 1.165) is 5.56 Å². The largest absolute Gasteiger partial charge is 0.503 e. The number of aliphatic hydroxyl groups excluding tert-OH is 1. The van der Waals surface area contributed by atoms with Crippen LogP contribution in [0.1, 0.15) is 27.7 Å². The van der Waals surface area contributed by atoms with E-state index in [0.29, 0.717) is 28.7 Å². The number of fused-ring (bicyclic) bond motifs is 1. The molecule has 3 aromatic carbocycles. The van der Waals surface area contributed by atoms with Gasteiger partial charge in [0.1, 0.15) is 0 Å². The highest BCUT2D eigenvalue weighted by atomic mass is 16.6. The first-order valence-electron chi connectivity index (χ1n) is 11.5. The van der Waals surface area contributed by atoms with Crippen molar-refractivity contribution in [2.45, 2.75) is 12.5 Å². The lowest BCUT2D eigenvalue weighted by molar-refractivity contribution is -0.384. The summed E-state index contributed by atoms with van der Waals surface area (Å²) in [6, 6.07) is 20.9. The van der Waals surface area contributed by atoms with E-state index >= 15 is 0 Å². The number of Topliss-reactive ketones (excluding diaryl/α,β-unsaturated/α-hetero) is 1. The molecule has 2 heterocycles. The highest BCUT2D eigenvalue weighted by Crippen LogP contribution is 2.40. The maximum Gasteiger partial charge on any atom is 0.290 e. The number of nitro benzene ring substituents is 1. The van der Waals surface area contributed by atoms with Gasteiger partial charge in [0.15, 0.2) is 22.9 Å². The minimum atomic E-state index is -0.959. The van der Waals surface area contributed by atoms with Gasteiger partial charge in [0.05, 0.1) is 23.6 Å². The van der Waals surface area contributed by atoms with Crippen molar-refractivity contribution in [1.29, 1.82) is 0 Å². The number of carbonyl (C=O) groups is 2. The monoisotopic (exact) mass is 498 g/mol. The number of ether oxygens (including phenoxy) is 1. The highest BCUT2D eigenvalue weighted by Gasteiger charge is 2.44. The number of benzene rings is 3. The second-order valence-corrected chi connectivity index (χ2v) is 8.57. The first-order chi connectivity index (χ1) is 17.9. The Labute approximate surface area is 211 Å². The van der Waals surface area contributed by atoms with Crippen LogP contribution in [0, 0.1) is 10.1 Å². The third-order valence-corrected chi connectivity index (χ3v) is 6.40. The Hall–Kier alpha value is -4.92. The van der Waals surface area contributed by atoms with E-state index in [1.165, 1.54) is 42.3 Å². The van der Waals surface area contributed by atoms with Gasteiger partial charge < -0.3 is 19.2 Å². The summed E-state index contributed by atoms with van der Waals surface area (Å²) in [5, 5.41) is 22.7. The van der Waals surface area contributed by atoms with Gasteiger partial charge in [-0.3, -0.25) is 19.7 Å². The molecule has 1 aromatic heterocycles. The number of non-ortho nitro benzene ring substituents is 1. The average molecular weight is 498 g/mol. The predicted octanol–water partition coefficient (Wildman–Crippen LogP) is 5.17. The molecule has 37 heavy (non-hydrogen) atoms. The molecule has 1 N–H and O–H groups in total. The van der Waals surface area contributed by atoms with E-state index in [9.17, 15) is 24.8 Å². The lowest BCUT2D eigenvalue weighted by Crippen LogP contribution is -2.33. The lowest BCUT2D eigenvalue weighted by Gasteiger charge is -2.26.